The fourth-order valence-electron chi connectivity index (χ4n) is 2.09. The van der Waals surface area contributed by atoms with Crippen molar-refractivity contribution in [3.8, 4) is 6.07 Å². The Morgan fingerprint density at radius 3 is 2.71 bits per heavy atom. The van der Waals surface area contributed by atoms with Crippen LogP contribution in [-0.4, -0.2) is 41.4 Å². The van der Waals surface area contributed by atoms with E-state index < -0.39 is 17.5 Å². The standard InChI is InChI=1S/C14H22N4O3/c1-10(2)5-6-14(3)12(20)18(13(21)17-14)9-11(19)16-8-4-7-15/h10H,4-6,8-9H2,1-3H3,(H,16,19)(H,17,21). The molecule has 116 valence electrons. The normalized spacial score (nSPS) is 21.4. The summed E-state index contributed by atoms with van der Waals surface area (Å²) < 4.78 is 0. The Balaban J connectivity index is 2.60. The molecule has 1 aliphatic heterocycles. The van der Waals surface area contributed by atoms with E-state index in [1.165, 1.54) is 0 Å². The summed E-state index contributed by atoms with van der Waals surface area (Å²) in [4.78, 5) is 36.8. The summed E-state index contributed by atoms with van der Waals surface area (Å²) >= 11 is 0. The summed E-state index contributed by atoms with van der Waals surface area (Å²) in [7, 11) is 0. The molecule has 1 unspecified atom stereocenters. The lowest BCUT2D eigenvalue weighted by molar-refractivity contribution is -0.134. The zero-order chi connectivity index (χ0) is 16.0. The predicted octanol–water partition coefficient (Wildman–Crippen LogP) is 0.763. The molecule has 7 nitrogen and oxygen atoms in total. The van der Waals surface area contributed by atoms with Crippen LogP contribution in [0.2, 0.25) is 0 Å². The third-order valence-electron chi connectivity index (χ3n) is 3.43. The van der Waals surface area contributed by atoms with Crippen LogP contribution in [0.1, 0.15) is 40.0 Å². The van der Waals surface area contributed by atoms with Crippen molar-refractivity contribution >= 4 is 17.8 Å². The van der Waals surface area contributed by atoms with Gasteiger partial charge in [0.25, 0.3) is 5.91 Å². The topological polar surface area (TPSA) is 102 Å². The van der Waals surface area contributed by atoms with Crippen LogP contribution in [0.3, 0.4) is 0 Å². The molecule has 0 radical (unpaired) electrons. The average molecular weight is 294 g/mol. The van der Waals surface area contributed by atoms with Crippen LogP contribution in [-0.2, 0) is 9.59 Å². The monoisotopic (exact) mass is 294 g/mol. The van der Waals surface area contributed by atoms with Gasteiger partial charge in [-0.2, -0.15) is 5.26 Å². The maximum atomic E-state index is 12.3. The molecular formula is C14H22N4O3. The molecule has 0 aromatic rings. The summed E-state index contributed by atoms with van der Waals surface area (Å²) in [5.74, 6) is -0.389. The predicted molar refractivity (Wildman–Crippen MR) is 76.0 cm³/mol. The third kappa shape index (κ3) is 4.45. The summed E-state index contributed by atoms with van der Waals surface area (Å²) in [6, 6.07) is 1.36. The van der Waals surface area contributed by atoms with E-state index in [4.69, 9.17) is 5.26 Å². The number of carbonyl (C=O) groups excluding carboxylic acids is 3. The number of carbonyl (C=O) groups is 3. The van der Waals surface area contributed by atoms with Gasteiger partial charge in [-0.25, -0.2) is 4.79 Å². The van der Waals surface area contributed by atoms with Crippen LogP contribution < -0.4 is 10.6 Å². The molecule has 1 saturated heterocycles. The summed E-state index contributed by atoms with van der Waals surface area (Å²) in [5.41, 5.74) is -0.936. The second kappa shape index (κ2) is 7.07. The fraction of sp³-hybridized carbons (Fsp3) is 0.714. The molecule has 2 N–H and O–H groups in total. The Labute approximate surface area is 124 Å². The van der Waals surface area contributed by atoms with Crippen molar-refractivity contribution in [1.29, 1.82) is 5.26 Å². The van der Waals surface area contributed by atoms with E-state index in [2.05, 4.69) is 10.6 Å². The Bertz CT molecular complexity index is 469. The number of nitrogens with one attached hydrogen (secondary N) is 2. The van der Waals surface area contributed by atoms with Crippen molar-refractivity contribution in [2.24, 2.45) is 5.92 Å². The first-order valence-electron chi connectivity index (χ1n) is 7.08. The number of rotatable bonds is 7. The highest BCUT2D eigenvalue weighted by molar-refractivity contribution is 6.08. The summed E-state index contributed by atoms with van der Waals surface area (Å²) in [6.45, 7) is 5.68. The van der Waals surface area contributed by atoms with Gasteiger partial charge in [0.05, 0.1) is 12.5 Å². The Morgan fingerprint density at radius 1 is 1.48 bits per heavy atom. The quantitative estimate of drug-likeness (QED) is 0.534. The molecule has 21 heavy (non-hydrogen) atoms. The first kappa shape index (κ1) is 17.0. The molecule has 0 spiro atoms. The molecule has 1 atom stereocenters. The number of amides is 4. The lowest BCUT2D eigenvalue weighted by Crippen LogP contribution is -2.45. The Morgan fingerprint density at radius 2 is 2.14 bits per heavy atom. The lowest BCUT2D eigenvalue weighted by Gasteiger charge is -2.22. The van der Waals surface area contributed by atoms with Gasteiger partial charge in [0, 0.05) is 6.54 Å². The molecule has 1 rings (SSSR count). The SMILES string of the molecule is CC(C)CCC1(C)NC(=O)N(CC(=O)NCCC#N)C1=O. The number of hydrogen-bond acceptors (Lipinski definition) is 4. The second-order valence-corrected chi connectivity index (χ2v) is 5.84. The number of imide groups is 1. The minimum Gasteiger partial charge on any atom is -0.354 e. The number of nitrogens with zero attached hydrogens (tertiary/aromatic N) is 2. The van der Waals surface area contributed by atoms with Gasteiger partial charge in [0.1, 0.15) is 12.1 Å². The zero-order valence-corrected chi connectivity index (χ0v) is 12.7. The van der Waals surface area contributed by atoms with E-state index in [-0.39, 0.29) is 25.4 Å². The molecule has 1 heterocycles. The minimum absolute atomic E-state index is 0.192. The van der Waals surface area contributed by atoms with E-state index >= 15 is 0 Å². The first-order valence-corrected chi connectivity index (χ1v) is 7.08. The smallest absolute Gasteiger partial charge is 0.325 e. The summed E-state index contributed by atoms with van der Waals surface area (Å²) in [5, 5.41) is 13.5. The molecule has 1 aliphatic rings. The third-order valence-corrected chi connectivity index (χ3v) is 3.43. The van der Waals surface area contributed by atoms with E-state index in [1.807, 2.05) is 19.9 Å². The van der Waals surface area contributed by atoms with Gasteiger partial charge >= 0.3 is 6.03 Å². The average Bonchev–Trinajstić information content (AvgIpc) is 2.61. The highest BCUT2D eigenvalue weighted by Crippen LogP contribution is 2.24. The fourth-order valence-corrected chi connectivity index (χ4v) is 2.09. The molecule has 0 aliphatic carbocycles. The molecule has 7 heteroatoms. The second-order valence-electron chi connectivity index (χ2n) is 5.84. The van der Waals surface area contributed by atoms with Crippen molar-refractivity contribution in [3.63, 3.8) is 0 Å². The number of hydrogen-bond donors (Lipinski definition) is 2. The lowest BCUT2D eigenvalue weighted by atomic mass is 9.92. The van der Waals surface area contributed by atoms with Crippen LogP contribution in [0.15, 0.2) is 0 Å². The van der Waals surface area contributed by atoms with Gasteiger partial charge in [-0.15, -0.1) is 0 Å². The van der Waals surface area contributed by atoms with Gasteiger partial charge in [-0.3, -0.25) is 14.5 Å². The van der Waals surface area contributed by atoms with Crippen LogP contribution in [0.4, 0.5) is 4.79 Å². The molecule has 0 aromatic carbocycles. The van der Waals surface area contributed by atoms with Crippen LogP contribution in [0.25, 0.3) is 0 Å². The molecular weight excluding hydrogens is 272 g/mol. The van der Waals surface area contributed by atoms with Crippen LogP contribution in [0.5, 0.6) is 0 Å². The molecule has 0 saturated carbocycles. The molecule has 0 aromatic heterocycles. The molecule has 4 amide bonds. The maximum Gasteiger partial charge on any atom is 0.325 e. The maximum absolute atomic E-state index is 12.3. The van der Waals surface area contributed by atoms with Crippen LogP contribution >= 0.6 is 0 Å². The van der Waals surface area contributed by atoms with Gasteiger partial charge in [0.15, 0.2) is 0 Å². The first-order chi connectivity index (χ1) is 9.80. The van der Waals surface area contributed by atoms with Crippen molar-refractivity contribution in [2.75, 3.05) is 13.1 Å². The number of nitriles is 1. The van der Waals surface area contributed by atoms with Crippen molar-refractivity contribution in [3.05, 3.63) is 0 Å². The summed E-state index contributed by atoms with van der Waals surface area (Å²) in [6.07, 6.45) is 1.55. The zero-order valence-electron chi connectivity index (χ0n) is 12.7. The highest BCUT2D eigenvalue weighted by atomic mass is 16.2. The van der Waals surface area contributed by atoms with Crippen molar-refractivity contribution in [1.82, 2.24) is 15.5 Å². The molecule has 0 bridgehead atoms. The van der Waals surface area contributed by atoms with E-state index in [9.17, 15) is 14.4 Å². The van der Waals surface area contributed by atoms with E-state index in [1.54, 1.807) is 6.92 Å². The minimum atomic E-state index is -0.936. The van der Waals surface area contributed by atoms with Crippen molar-refractivity contribution < 1.29 is 14.4 Å². The van der Waals surface area contributed by atoms with Gasteiger partial charge in [-0.05, 0) is 25.7 Å². The molecule has 1 fully saturated rings. The van der Waals surface area contributed by atoms with Gasteiger partial charge in [-0.1, -0.05) is 13.8 Å². The van der Waals surface area contributed by atoms with Crippen molar-refractivity contribution in [2.45, 2.75) is 45.6 Å². The van der Waals surface area contributed by atoms with Crippen LogP contribution in [0, 0.1) is 17.2 Å². The number of urea groups is 1. The Hall–Kier alpha value is -2.10. The largest absolute Gasteiger partial charge is 0.354 e. The Kier molecular flexibility index (Phi) is 5.70. The van der Waals surface area contributed by atoms with E-state index in [0.29, 0.717) is 12.3 Å². The van der Waals surface area contributed by atoms with Gasteiger partial charge in [0.2, 0.25) is 5.91 Å². The highest BCUT2D eigenvalue weighted by Gasteiger charge is 2.47. The van der Waals surface area contributed by atoms with Gasteiger partial charge < -0.3 is 10.6 Å². The van der Waals surface area contributed by atoms with E-state index in [0.717, 1.165) is 11.3 Å².